The second-order valence-electron chi connectivity index (χ2n) is 3.69. The van der Waals surface area contributed by atoms with Crippen LogP contribution in [-0.2, 0) is 13.1 Å². The molecule has 2 aromatic rings. The number of phenolic OH excluding ortho intramolecular Hbond substituents is 1. The SMILES string of the molecule is Oc1c(Cl)cc(Cl)cc1CNCc1sccc1Br. The second-order valence-corrected chi connectivity index (χ2v) is 6.39. The van der Waals surface area contributed by atoms with E-state index in [2.05, 4.69) is 21.2 Å². The standard InChI is InChI=1S/C12H10BrCl2NOS/c13-9-1-2-18-11(9)6-16-5-7-3-8(14)4-10(15)12(7)17/h1-4,16-17H,5-6H2. The Morgan fingerprint density at radius 1 is 1.28 bits per heavy atom. The molecule has 1 aromatic heterocycles. The largest absolute Gasteiger partial charge is 0.506 e. The maximum atomic E-state index is 9.80. The normalized spacial score (nSPS) is 10.8. The first-order valence-electron chi connectivity index (χ1n) is 5.17. The van der Waals surface area contributed by atoms with Crippen molar-refractivity contribution in [3.63, 3.8) is 0 Å². The van der Waals surface area contributed by atoms with E-state index in [-0.39, 0.29) is 10.8 Å². The summed E-state index contributed by atoms with van der Waals surface area (Å²) in [5, 5.41) is 15.9. The molecule has 0 aliphatic carbocycles. The highest BCUT2D eigenvalue weighted by Gasteiger charge is 2.08. The van der Waals surface area contributed by atoms with E-state index in [1.54, 1.807) is 17.4 Å². The summed E-state index contributed by atoms with van der Waals surface area (Å²) < 4.78 is 1.09. The molecular formula is C12H10BrCl2NOS. The molecule has 2 N–H and O–H groups in total. The average Bonchev–Trinajstić information content (AvgIpc) is 2.71. The molecule has 0 bridgehead atoms. The molecule has 0 unspecified atom stereocenters. The lowest BCUT2D eigenvalue weighted by Crippen LogP contribution is -2.12. The summed E-state index contributed by atoms with van der Waals surface area (Å²) in [6, 6.07) is 5.24. The van der Waals surface area contributed by atoms with Gasteiger partial charge in [-0.05, 0) is 39.5 Å². The van der Waals surface area contributed by atoms with E-state index in [4.69, 9.17) is 23.2 Å². The number of halogens is 3. The lowest BCUT2D eigenvalue weighted by Gasteiger charge is -2.08. The van der Waals surface area contributed by atoms with Crippen LogP contribution in [0.5, 0.6) is 5.75 Å². The lowest BCUT2D eigenvalue weighted by molar-refractivity contribution is 0.465. The predicted molar refractivity (Wildman–Crippen MR) is 80.7 cm³/mol. The van der Waals surface area contributed by atoms with E-state index >= 15 is 0 Å². The van der Waals surface area contributed by atoms with Gasteiger partial charge in [0.1, 0.15) is 5.75 Å². The van der Waals surface area contributed by atoms with Crippen molar-refractivity contribution in [1.29, 1.82) is 0 Å². The smallest absolute Gasteiger partial charge is 0.138 e. The summed E-state index contributed by atoms with van der Waals surface area (Å²) in [7, 11) is 0. The molecule has 0 atom stereocenters. The van der Waals surface area contributed by atoms with Crippen LogP contribution in [-0.4, -0.2) is 5.11 Å². The molecule has 0 spiro atoms. The molecule has 0 aliphatic heterocycles. The second kappa shape index (κ2) is 6.26. The fourth-order valence-electron chi connectivity index (χ4n) is 1.52. The maximum absolute atomic E-state index is 9.80. The van der Waals surface area contributed by atoms with E-state index in [1.165, 1.54) is 10.9 Å². The molecule has 1 heterocycles. The fourth-order valence-corrected chi connectivity index (χ4v) is 3.51. The van der Waals surface area contributed by atoms with Gasteiger partial charge in [0.05, 0.1) is 5.02 Å². The number of rotatable bonds is 4. The number of hydrogen-bond donors (Lipinski definition) is 2. The topological polar surface area (TPSA) is 32.3 Å². The van der Waals surface area contributed by atoms with Gasteiger partial charge in [0.25, 0.3) is 0 Å². The highest BCUT2D eigenvalue weighted by atomic mass is 79.9. The van der Waals surface area contributed by atoms with Gasteiger partial charge in [-0.3, -0.25) is 0 Å². The van der Waals surface area contributed by atoms with Crippen LogP contribution in [0, 0.1) is 0 Å². The van der Waals surface area contributed by atoms with Crippen molar-refractivity contribution in [1.82, 2.24) is 5.32 Å². The van der Waals surface area contributed by atoms with E-state index in [9.17, 15) is 5.11 Å². The summed E-state index contributed by atoms with van der Waals surface area (Å²) in [5.74, 6) is 0.0822. The zero-order valence-corrected chi connectivity index (χ0v) is 13.1. The maximum Gasteiger partial charge on any atom is 0.138 e. The molecule has 6 heteroatoms. The minimum atomic E-state index is 0.0822. The third-order valence-electron chi connectivity index (χ3n) is 2.40. The summed E-state index contributed by atoms with van der Waals surface area (Å²) in [5.41, 5.74) is 0.695. The van der Waals surface area contributed by atoms with E-state index < -0.39 is 0 Å². The minimum Gasteiger partial charge on any atom is -0.506 e. The van der Waals surface area contributed by atoms with Crippen LogP contribution in [0.2, 0.25) is 10.0 Å². The monoisotopic (exact) mass is 365 g/mol. The zero-order valence-electron chi connectivity index (χ0n) is 9.21. The minimum absolute atomic E-state index is 0.0822. The van der Waals surface area contributed by atoms with Crippen molar-refractivity contribution < 1.29 is 5.11 Å². The van der Waals surface area contributed by atoms with Crippen molar-refractivity contribution in [3.8, 4) is 5.75 Å². The van der Waals surface area contributed by atoms with Crippen LogP contribution in [0.15, 0.2) is 28.1 Å². The number of hydrogen-bond acceptors (Lipinski definition) is 3. The Hall–Kier alpha value is -0.260. The molecule has 2 rings (SSSR count). The van der Waals surface area contributed by atoms with Gasteiger partial charge < -0.3 is 10.4 Å². The molecule has 1 aromatic carbocycles. The molecule has 0 amide bonds. The van der Waals surface area contributed by atoms with E-state index in [1.807, 2.05) is 11.4 Å². The first-order valence-corrected chi connectivity index (χ1v) is 7.60. The summed E-state index contributed by atoms with van der Waals surface area (Å²) in [4.78, 5) is 1.21. The number of nitrogens with one attached hydrogen (secondary N) is 1. The molecule has 2 nitrogen and oxygen atoms in total. The molecule has 0 aliphatic rings. The third kappa shape index (κ3) is 3.39. The van der Waals surface area contributed by atoms with Crippen LogP contribution in [0.4, 0.5) is 0 Å². The average molecular weight is 367 g/mol. The van der Waals surface area contributed by atoms with Crippen LogP contribution < -0.4 is 5.32 Å². The molecule has 18 heavy (non-hydrogen) atoms. The van der Waals surface area contributed by atoms with Gasteiger partial charge >= 0.3 is 0 Å². The van der Waals surface area contributed by atoms with Crippen molar-refractivity contribution in [2.45, 2.75) is 13.1 Å². The van der Waals surface area contributed by atoms with Gasteiger partial charge in [0.2, 0.25) is 0 Å². The Balaban J connectivity index is 2.01. The molecular weight excluding hydrogens is 357 g/mol. The van der Waals surface area contributed by atoms with E-state index in [0.29, 0.717) is 17.1 Å². The van der Waals surface area contributed by atoms with Crippen LogP contribution in [0.3, 0.4) is 0 Å². The van der Waals surface area contributed by atoms with E-state index in [0.717, 1.165) is 11.0 Å². The Morgan fingerprint density at radius 3 is 2.72 bits per heavy atom. The van der Waals surface area contributed by atoms with Gasteiger partial charge in [-0.2, -0.15) is 0 Å². The summed E-state index contributed by atoms with van der Waals surface area (Å²) in [6.45, 7) is 1.23. The van der Waals surface area contributed by atoms with Crippen molar-refractivity contribution >= 4 is 50.5 Å². The molecule has 0 radical (unpaired) electrons. The highest BCUT2D eigenvalue weighted by molar-refractivity contribution is 9.10. The van der Waals surface area contributed by atoms with Gasteiger partial charge in [-0.25, -0.2) is 0 Å². The van der Waals surface area contributed by atoms with Crippen LogP contribution in [0.25, 0.3) is 0 Å². The summed E-state index contributed by atoms with van der Waals surface area (Å²) in [6.07, 6.45) is 0. The van der Waals surface area contributed by atoms with Crippen molar-refractivity contribution in [2.24, 2.45) is 0 Å². The number of benzene rings is 1. The summed E-state index contributed by atoms with van der Waals surface area (Å²) >= 11 is 16.9. The van der Waals surface area contributed by atoms with Gasteiger partial charge in [0.15, 0.2) is 0 Å². The number of aromatic hydroxyl groups is 1. The van der Waals surface area contributed by atoms with Crippen molar-refractivity contribution in [3.05, 3.63) is 48.5 Å². The van der Waals surface area contributed by atoms with Gasteiger partial charge in [-0.15, -0.1) is 11.3 Å². The Bertz CT molecular complexity index is 559. The molecule has 0 fully saturated rings. The Morgan fingerprint density at radius 2 is 2.06 bits per heavy atom. The zero-order chi connectivity index (χ0) is 13.1. The lowest BCUT2D eigenvalue weighted by atomic mass is 10.2. The number of thiophene rings is 1. The first kappa shape index (κ1) is 14.2. The van der Waals surface area contributed by atoms with Gasteiger partial charge in [-0.1, -0.05) is 23.2 Å². The first-order chi connectivity index (χ1) is 8.58. The Kier molecular flexibility index (Phi) is 4.92. The van der Waals surface area contributed by atoms with Crippen molar-refractivity contribution in [2.75, 3.05) is 0 Å². The molecule has 0 saturated heterocycles. The number of phenols is 1. The predicted octanol–water partition coefficient (Wildman–Crippen LogP) is 4.81. The fraction of sp³-hybridized carbons (Fsp3) is 0.167. The third-order valence-corrected chi connectivity index (χ3v) is 4.83. The van der Waals surface area contributed by atoms with Gasteiger partial charge in [0, 0.05) is 33.0 Å². The molecule has 96 valence electrons. The molecule has 0 saturated carbocycles. The Labute approximate surface area is 128 Å². The quantitative estimate of drug-likeness (QED) is 0.813. The highest BCUT2D eigenvalue weighted by Crippen LogP contribution is 2.31. The van der Waals surface area contributed by atoms with Crippen LogP contribution >= 0.6 is 50.5 Å². The van der Waals surface area contributed by atoms with Crippen LogP contribution in [0.1, 0.15) is 10.4 Å².